The first-order valence-corrected chi connectivity index (χ1v) is 10.1. The highest BCUT2D eigenvalue weighted by atomic mass is 127. The first-order valence-electron chi connectivity index (χ1n) is 6.39. The molecule has 0 bridgehead atoms. The molecular weight excluding hydrogens is 417 g/mol. The Morgan fingerprint density at radius 1 is 1.52 bits per heavy atom. The number of carbonyl (C=O) groups is 1. The molecule has 2 aromatic rings. The summed E-state index contributed by atoms with van der Waals surface area (Å²) in [6, 6.07) is 3.88. The van der Waals surface area contributed by atoms with Crippen molar-refractivity contribution in [3.05, 3.63) is 30.2 Å². The van der Waals surface area contributed by atoms with Crippen LogP contribution in [-0.2, 0) is 9.22 Å². The molecule has 0 aliphatic rings. The van der Waals surface area contributed by atoms with Gasteiger partial charge in [-0.15, -0.1) is 0 Å². The molecule has 0 spiro atoms. The highest BCUT2D eigenvalue weighted by Gasteiger charge is 2.19. The van der Waals surface area contributed by atoms with Crippen molar-refractivity contribution >= 4 is 56.6 Å². The third-order valence-electron chi connectivity index (χ3n) is 2.91. The minimum atomic E-state index is 0.136. The fourth-order valence-electron chi connectivity index (χ4n) is 1.78. The number of rotatable bonds is 6. The van der Waals surface area contributed by atoms with E-state index in [0.29, 0.717) is 6.42 Å². The van der Waals surface area contributed by atoms with E-state index in [1.165, 1.54) is 0 Å². The number of anilines is 1. The largest absolute Gasteiger partial charge is 0.305 e. The lowest BCUT2D eigenvalue weighted by Gasteiger charge is -2.15. The lowest BCUT2D eigenvalue weighted by Crippen LogP contribution is -2.26. The van der Waals surface area contributed by atoms with Crippen LogP contribution in [0.2, 0.25) is 0 Å². The van der Waals surface area contributed by atoms with Crippen LogP contribution < -0.4 is 4.90 Å². The smallest absolute Gasteiger partial charge is 0.228 e. The molecule has 0 saturated heterocycles. The van der Waals surface area contributed by atoms with Gasteiger partial charge in [-0.2, -0.15) is 11.8 Å². The van der Waals surface area contributed by atoms with E-state index in [0.717, 1.165) is 31.4 Å². The van der Waals surface area contributed by atoms with E-state index in [1.807, 2.05) is 25.4 Å². The summed E-state index contributed by atoms with van der Waals surface area (Å²) in [7, 11) is 1.83. The van der Waals surface area contributed by atoms with Gasteiger partial charge in [-0.1, -0.05) is 33.9 Å². The molecule has 2 rings (SSSR count). The zero-order chi connectivity index (χ0) is 15.2. The van der Waals surface area contributed by atoms with E-state index < -0.39 is 0 Å². The van der Waals surface area contributed by atoms with Crippen molar-refractivity contribution in [2.45, 2.75) is 10.8 Å². The summed E-state index contributed by atoms with van der Waals surface area (Å²) in [6.45, 7) is 0. The Kier molecular flexibility index (Phi) is 6.43. The minimum absolute atomic E-state index is 0.136. The Bertz CT molecular complexity index is 604. The van der Waals surface area contributed by atoms with Gasteiger partial charge in [0.05, 0.1) is 5.69 Å². The van der Waals surface area contributed by atoms with E-state index in [9.17, 15) is 4.79 Å². The van der Waals surface area contributed by atoms with Crippen LogP contribution in [0.1, 0.15) is 12.1 Å². The zero-order valence-electron chi connectivity index (χ0n) is 11.9. The van der Waals surface area contributed by atoms with Gasteiger partial charge < -0.3 is 4.90 Å². The van der Waals surface area contributed by atoms with Crippen LogP contribution in [0.15, 0.2) is 24.5 Å². The summed E-state index contributed by atoms with van der Waals surface area (Å²) in [5.74, 6) is 0.980. The molecule has 1 amide bonds. The van der Waals surface area contributed by atoms with E-state index in [4.69, 9.17) is 0 Å². The number of hydrogen-bond acceptors (Lipinski definition) is 5. The lowest BCUT2D eigenvalue weighted by molar-refractivity contribution is -0.117. The predicted molar refractivity (Wildman–Crippen MR) is 99.5 cm³/mol. The molecule has 0 aliphatic carbocycles. The first-order chi connectivity index (χ1) is 10.2. The summed E-state index contributed by atoms with van der Waals surface area (Å²) in [4.78, 5) is 22.7. The maximum atomic E-state index is 12.2. The van der Waals surface area contributed by atoms with Crippen molar-refractivity contribution in [2.75, 3.05) is 24.0 Å². The minimum Gasteiger partial charge on any atom is -0.305 e. The van der Waals surface area contributed by atoms with Gasteiger partial charge in [0.15, 0.2) is 0 Å². The standard InChI is InChI=1S/C14H16IN3OS2/c1-18(12(19)5-7-20-2)14-11(8-15)17-13(21-14)10-4-3-6-16-9-10/h3-4,6,9H,5,7-8H2,1-2H3. The highest BCUT2D eigenvalue weighted by molar-refractivity contribution is 14.1. The Morgan fingerprint density at radius 2 is 2.33 bits per heavy atom. The number of pyridine rings is 1. The van der Waals surface area contributed by atoms with Crippen molar-refractivity contribution in [1.82, 2.24) is 9.97 Å². The number of halogens is 1. The number of hydrogen-bond donors (Lipinski definition) is 0. The van der Waals surface area contributed by atoms with Crippen LogP contribution in [0.4, 0.5) is 5.00 Å². The molecule has 0 radical (unpaired) electrons. The molecule has 7 heteroatoms. The Balaban J connectivity index is 2.27. The molecule has 4 nitrogen and oxygen atoms in total. The molecule has 0 atom stereocenters. The van der Waals surface area contributed by atoms with Gasteiger partial charge in [-0.05, 0) is 18.4 Å². The van der Waals surface area contributed by atoms with Gasteiger partial charge in [0, 0.05) is 41.6 Å². The second-order valence-corrected chi connectivity index (χ2v) is 7.07. The molecule has 2 aromatic heterocycles. The fourth-order valence-corrected chi connectivity index (χ4v) is 4.00. The Hall–Kier alpha value is -0.670. The molecule has 2 heterocycles. The number of nitrogens with zero attached hydrogens (tertiary/aromatic N) is 3. The maximum absolute atomic E-state index is 12.2. The monoisotopic (exact) mass is 433 g/mol. The van der Waals surface area contributed by atoms with E-state index in [-0.39, 0.29) is 5.91 Å². The van der Waals surface area contributed by atoms with Gasteiger partial charge in [0.25, 0.3) is 0 Å². The van der Waals surface area contributed by atoms with Gasteiger partial charge in [-0.3, -0.25) is 9.78 Å². The van der Waals surface area contributed by atoms with Crippen molar-refractivity contribution in [1.29, 1.82) is 0 Å². The summed E-state index contributed by atoms with van der Waals surface area (Å²) in [5.41, 5.74) is 1.95. The summed E-state index contributed by atoms with van der Waals surface area (Å²) < 4.78 is 0.782. The maximum Gasteiger partial charge on any atom is 0.228 e. The molecule has 0 unspecified atom stereocenters. The van der Waals surface area contributed by atoms with E-state index in [2.05, 4.69) is 32.6 Å². The zero-order valence-corrected chi connectivity index (χ0v) is 15.7. The van der Waals surface area contributed by atoms with Crippen LogP contribution in [0.5, 0.6) is 0 Å². The molecule has 0 N–H and O–H groups in total. The fraction of sp³-hybridized carbons (Fsp3) is 0.357. The van der Waals surface area contributed by atoms with Crippen LogP contribution in [0.25, 0.3) is 10.6 Å². The summed E-state index contributed by atoms with van der Waals surface area (Å²) in [6.07, 6.45) is 6.11. The summed E-state index contributed by atoms with van der Waals surface area (Å²) in [5, 5.41) is 1.85. The average Bonchev–Trinajstić information content (AvgIpc) is 2.97. The third-order valence-corrected chi connectivity index (χ3v) is 5.47. The van der Waals surface area contributed by atoms with Crippen LogP contribution in [0.3, 0.4) is 0 Å². The SMILES string of the molecule is CSCCC(=O)N(C)c1sc(-c2cccnc2)nc1CI. The summed E-state index contributed by atoms with van der Waals surface area (Å²) >= 11 is 5.52. The van der Waals surface area contributed by atoms with Crippen LogP contribution in [-0.4, -0.2) is 34.9 Å². The molecule has 0 aliphatic heterocycles. The molecule has 0 aromatic carbocycles. The Morgan fingerprint density at radius 3 is 2.95 bits per heavy atom. The van der Waals surface area contributed by atoms with Crippen LogP contribution >= 0.6 is 45.7 Å². The van der Waals surface area contributed by atoms with Gasteiger partial charge >= 0.3 is 0 Å². The predicted octanol–water partition coefficient (Wildman–Crippen LogP) is 3.86. The van der Waals surface area contributed by atoms with E-state index in [1.54, 1.807) is 40.4 Å². The van der Waals surface area contributed by atoms with Crippen molar-refractivity contribution in [2.24, 2.45) is 0 Å². The van der Waals surface area contributed by atoms with Gasteiger partial charge in [0.2, 0.25) is 5.91 Å². The number of amides is 1. The molecule has 21 heavy (non-hydrogen) atoms. The van der Waals surface area contributed by atoms with E-state index >= 15 is 0 Å². The second-order valence-electron chi connectivity index (χ2n) is 4.34. The molecule has 112 valence electrons. The normalized spacial score (nSPS) is 10.6. The van der Waals surface area contributed by atoms with Crippen molar-refractivity contribution in [3.8, 4) is 10.6 Å². The Labute approximate surface area is 146 Å². The topological polar surface area (TPSA) is 46.1 Å². The molecule has 0 saturated carbocycles. The third kappa shape index (κ3) is 4.17. The lowest BCUT2D eigenvalue weighted by atomic mass is 10.3. The molecule has 0 fully saturated rings. The first kappa shape index (κ1) is 16.7. The van der Waals surface area contributed by atoms with Gasteiger partial charge in [-0.25, -0.2) is 4.98 Å². The van der Waals surface area contributed by atoms with Crippen molar-refractivity contribution in [3.63, 3.8) is 0 Å². The van der Waals surface area contributed by atoms with Crippen LogP contribution in [0, 0.1) is 0 Å². The second kappa shape index (κ2) is 8.09. The average molecular weight is 433 g/mol. The number of carbonyl (C=O) groups excluding carboxylic acids is 1. The number of thioether (sulfide) groups is 1. The number of alkyl halides is 1. The number of thiazole rings is 1. The number of aromatic nitrogens is 2. The highest BCUT2D eigenvalue weighted by Crippen LogP contribution is 2.35. The molecular formula is C14H16IN3OS2. The van der Waals surface area contributed by atoms with Crippen molar-refractivity contribution < 1.29 is 4.79 Å². The quantitative estimate of drug-likeness (QED) is 0.513. The van der Waals surface area contributed by atoms with Gasteiger partial charge in [0.1, 0.15) is 10.0 Å².